The molecule has 0 unspecified atom stereocenters. The summed E-state index contributed by atoms with van der Waals surface area (Å²) in [6.07, 6.45) is -0.494. The van der Waals surface area contributed by atoms with Crippen molar-refractivity contribution in [3.8, 4) is 11.1 Å². The second-order valence-corrected chi connectivity index (χ2v) is 11.4. The molecule has 9 rings (SSSR count). The first-order chi connectivity index (χ1) is 22.3. The van der Waals surface area contributed by atoms with Crippen molar-refractivity contribution < 1.29 is 4.42 Å². The second-order valence-electron chi connectivity index (χ2n) is 11.4. The molecule has 1 aliphatic heterocycles. The maximum absolute atomic E-state index is 6.56. The molecule has 0 bridgehead atoms. The van der Waals surface area contributed by atoms with Crippen LogP contribution in [0.2, 0.25) is 0 Å². The highest BCUT2D eigenvalue weighted by atomic mass is 16.3. The molecule has 1 N–H and O–H groups in total. The van der Waals surface area contributed by atoms with Gasteiger partial charge in [0.25, 0.3) is 0 Å². The Hall–Kier alpha value is -6.00. The largest absolute Gasteiger partial charge is 0.456 e. The fraction of sp³-hybridized carbons (Fsp3) is 0.0244. The van der Waals surface area contributed by atoms with Crippen molar-refractivity contribution >= 4 is 55.2 Å². The van der Waals surface area contributed by atoms with Crippen molar-refractivity contribution in [2.75, 3.05) is 0 Å². The molecule has 212 valence electrons. The van der Waals surface area contributed by atoms with Gasteiger partial charge in [0.2, 0.25) is 0 Å². The molecular formula is C41H27N3O. The predicted molar refractivity (Wildman–Crippen MR) is 186 cm³/mol. The average Bonchev–Trinajstić information content (AvgIpc) is 3.50. The maximum atomic E-state index is 6.56. The number of benzene rings is 7. The first kappa shape index (κ1) is 25.5. The van der Waals surface area contributed by atoms with E-state index >= 15 is 0 Å². The number of amidine groups is 2. The van der Waals surface area contributed by atoms with Crippen LogP contribution in [0.4, 0.5) is 0 Å². The van der Waals surface area contributed by atoms with Crippen molar-refractivity contribution in [2.24, 2.45) is 9.98 Å². The number of aliphatic imine (C=N–C) groups is 2. The van der Waals surface area contributed by atoms with Crippen LogP contribution in [0.1, 0.15) is 22.9 Å². The van der Waals surface area contributed by atoms with Crippen molar-refractivity contribution in [3.05, 3.63) is 168 Å². The van der Waals surface area contributed by atoms with E-state index in [0.717, 1.165) is 61.4 Å². The summed E-state index contributed by atoms with van der Waals surface area (Å²) in [5, 5.41) is 10.5. The Bertz CT molecular complexity index is 2400. The van der Waals surface area contributed by atoms with Gasteiger partial charge in [-0.1, -0.05) is 127 Å². The number of nitrogens with zero attached hydrogens (tertiary/aromatic N) is 2. The second kappa shape index (κ2) is 10.3. The Morgan fingerprint density at radius 3 is 1.76 bits per heavy atom. The first-order valence-electron chi connectivity index (χ1n) is 15.2. The van der Waals surface area contributed by atoms with Crippen molar-refractivity contribution in [1.29, 1.82) is 0 Å². The molecule has 0 radical (unpaired) electrons. The van der Waals surface area contributed by atoms with Crippen LogP contribution >= 0.6 is 0 Å². The molecule has 8 aromatic rings. The van der Waals surface area contributed by atoms with E-state index in [1.165, 1.54) is 21.5 Å². The van der Waals surface area contributed by atoms with Gasteiger partial charge in [0.1, 0.15) is 22.8 Å². The molecule has 45 heavy (non-hydrogen) atoms. The van der Waals surface area contributed by atoms with Gasteiger partial charge in [-0.2, -0.15) is 0 Å². The molecule has 4 heteroatoms. The lowest BCUT2D eigenvalue weighted by atomic mass is 9.91. The average molecular weight is 578 g/mol. The third-order valence-corrected chi connectivity index (χ3v) is 8.70. The molecular weight excluding hydrogens is 550 g/mol. The van der Waals surface area contributed by atoms with Crippen molar-refractivity contribution in [2.45, 2.75) is 6.17 Å². The van der Waals surface area contributed by atoms with Crippen LogP contribution < -0.4 is 5.32 Å². The van der Waals surface area contributed by atoms with Gasteiger partial charge >= 0.3 is 0 Å². The lowest BCUT2D eigenvalue weighted by Gasteiger charge is -2.23. The minimum atomic E-state index is -0.494. The van der Waals surface area contributed by atoms with E-state index in [0.29, 0.717) is 0 Å². The quantitative estimate of drug-likeness (QED) is 0.212. The molecule has 1 aromatic heterocycles. The fourth-order valence-electron chi connectivity index (χ4n) is 6.61. The van der Waals surface area contributed by atoms with Crippen LogP contribution in [0, 0.1) is 0 Å². The number of rotatable bonds is 4. The number of nitrogens with one attached hydrogen (secondary N) is 1. The Kier molecular flexibility index (Phi) is 5.85. The van der Waals surface area contributed by atoms with Crippen LogP contribution in [0.3, 0.4) is 0 Å². The van der Waals surface area contributed by atoms with Crippen molar-refractivity contribution in [3.63, 3.8) is 0 Å². The van der Waals surface area contributed by atoms with Gasteiger partial charge in [-0.25, -0.2) is 9.98 Å². The number of para-hydroxylation sites is 1. The Labute approximate surface area is 260 Å². The van der Waals surface area contributed by atoms with Gasteiger partial charge in [-0.3, -0.25) is 0 Å². The standard InChI is InChI=1S/C41H27N3O/c1-3-13-26(14-4-1)39-42-40(27-15-5-2-6-16-27)44-41(43-39)35-24-29(25-37-38(35)33-21-11-12-22-36(33)45-37)34-23-28-17-7-8-18-30(28)31-19-9-10-20-32(31)34/h1-25,41H,(H,42,43,44). The van der Waals surface area contributed by atoms with Crippen LogP contribution in [0.25, 0.3) is 54.6 Å². The Balaban J connectivity index is 1.34. The number of fused-ring (bicyclic) bond motifs is 6. The van der Waals surface area contributed by atoms with Crippen LogP contribution in [-0.4, -0.2) is 11.7 Å². The summed E-state index contributed by atoms with van der Waals surface area (Å²) in [4.78, 5) is 10.5. The van der Waals surface area contributed by atoms with Gasteiger partial charge < -0.3 is 9.73 Å². The molecule has 0 fully saturated rings. The normalized spacial score (nSPS) is 13.7. The molecule has 0 atom stereocenters. The monoisotopic (exact) mass is 577 g/mol. The van der Waals surface area contributed by atoms with Gasteiger partial charge in [-0.05, 0) is 56.9 Å². The molecule has 7 aromatic carbocycles. The highest BCUT2D eigenvalue weighted by molar-refractivity contribution is 6.17. The maximum Gasteiger partial charge on any atom is 0.170 e. The van der Waals surface area contributed by atoms with Gasteiger partial charge in [0.15, 0.2) is 6.17 Å². The van der Waals surface area contributed by atoms with Gasteiger partial charge in [0, 0.05) is 27.5 Å². The SMILES string of the molecule is c1ccc(C2=NC(c3cc(-c4cc5ccccc5c5ccccc45)cc4oc5ccccc5c34)N=C(c3ccccc3)N2)cc1. The van der Waals surface area contributed by atoms with E-state index in [9.17, 15) is 0 Å². The molecule has 0 saturated heterocycles. The number of hydrogen-bond donors (Lipinski definition) is 1. The minimum Gasteiger partial charge on any atom is -0.456 e. The van der Waals surface area contributed by atoms with Crippen LogP contribution in [0.5, 0.6) is 0 Å². The molecule has 1 aliphatic rings. The summed E-state index contributed by atoms with van der Waals surface area (Å²) in [7, 11) is 0. The van der Waals surface area contributed by atoms with E-state index < -0.39 is 6.17 Å². The molecule has 2 heterocycles. The van der Waals surface area contributed by atoms with Gasteiger partial charge in [0.05, 0.1) is 0 Å². The molecule has 0 aliphatic carbocycles. The molecule has 0 amide bonds. The van der Waals surface area contributed by atoms with E-state index in [1.807, 2.05) is 48.5 Å². The summed E-state index contributed by atoms with van der Waals surface area (Å²) >= 11 is 0. The summed E-state index contributed by atoms with van der Waals surface area (Å²) in [6.45, 7) is 0. The highest BCUT2D eigenvalue weighted by Gasteiger charge is 2.25. The summed E-state index contributed by atoms with van der Waals surface area (Å²) in [6, 6.07) is 52.7. The first-order valence-corrected chi connectivity index (χ1v) is 15.2. The Morgan fingerprint density at radius 1 is 0.467 bits per heavy atom. The van der Waals surface area contributed by atoms with E-state index in [4.69, 9.17) is 14.4 Å². The smallest absolute Gasteiger partial charge is 0.170 e. The van der Waals surface area contributed by atoms with Crippen molar-refractivity contribution in [1.82, 2.24) is 5.32 Å². The number of hydrogen-bond acceptors (Lipinski definition) is 4. The molecule has 4 nitrogen and oxygen atoms in total. The Morgan fingerprint density at radius 2 is 1.04 bits per heavy atom. The lowest BCUT2D eigenvalue weighted by molar-refractivity contribution is 0.668. The zero-order valence-corrected chi connectivity index (χ0v) is 24.3. The molecule has 0 spiro atoms. The summed E-state index contributed by atoms with van der Waals surface area (Å²) in [5.74, 6) is 1.58. The third kappa shape index (κ3) is 4.30. The van der Waals surface area contributed by atoms with Crippen LogP contribution in [-0.2, 0) is 0 Å². The number of furan rings is 1. The minimum absolute atomic E-state index is 0.494. The van der Waals surface area contributed by atoms with E-state index in [1.54, 1.807) is 0 Å². The third-order valence-electron chi connectivity index (χ3n) is 8.70. The summed E-state index contributed by atoms with van der Waals surface area (Å²) in [5.41, 5.74) is 6.93. The van der Waals surface area contributed by atoms with Crippen LogP contribution in [0.15, 0.2) is 166 Å². The predicted octanol–water partition coefficient (Wildman–Crippen LogP) is 10.1. The fourth-order valence-corrected chi connectivity index (χ4v) is 6.61. The lowest BCUT2D eigenvalue weighted by Crippen LogP contribution is -2.36. The summed E-state index contributed by atoms with van der Waals surface area (Å²) < 4.78 is 6.56. The zero-order chi connectivity index (χ0) is 29.7. The van der Waals surface area contributed by atoms with E-state index in [-0.39, 0.29) is 0 Å². The highest BCUT2D eigenvalue weighted by Crippen LogP contribution is 2.42. The zero-order valence-electron chi connectivity index (χ0n) is 24.3. The van der Waals surface area contributed by atoms with Gasteiger partial charge in [-0.15, -0.1) is 0 Å². The molecule has 0 saturated carbocycles. The van der Waals surface area contributed by atoms with E-state index in [2.05, 4.69) is 108 Å². The topological polar surface area (TPSA) is 49.9 Å².